The molecule has 3 N–H and O–H groups in total. The summed E-state index contributed by atoms with van der Waals surface area (Å²) >= 11 is 0. The highest BCUT2D eigenvalue weighted by molar-refractivity contribution is 5.94. The van der Waals surface area contributed by atoms with E-state index in [0.717, 1.165) is 5.56 Å². The van der Waals surface area contributed by atoms with Gasteiger partial charge in [0.2, 0.25) is 0 Å². The fourth-order valence-electron chi connectivity index (χ4n) is 1.51. The predicted molar refractivity (Wildman–Crippen MR) is 83.3 cm³/mol. The van der Waals surface area contributed by atoms with Crippen LogP contribution in [0.1, 0.15) is 43.6 Å². The summed E-state index contributed by atoms with van der Waals surface area (Å²) in [5.41, 5.74) is 7.04. The third-order valence-electron chi connectivity index (χ3n) is 3.53. The second-order valence-corrected chi connectivity index (χ2v) is 6.06. The number of nitrogens with one attached hydrogen (secondary N) is 1. The van der Waals surface area contributed by atoms with E-state index < -0.39 is 0 Å². The minimum absolute atomic E-state index is 0.0422. The first-order valence-corrected chi connectivity index (χ1v) is 6.92. The van der Waals surface area contributed by atoms with E-state index in [-0.39, 0.29) is 11.3 Å². The van der Waals surface area contributed by atoms with Crippen LogP contribution < -0.4 is 11.1 Å². The van der Waals surface area contributed by atoms with Gasteiger partial charge in [0, 0.05) is 17.7 Å². The Morgan fingerprint density at radius 2 is 1.90 bits per heavy atom. The normalized spacial score (nSPS) is 12.2. The average molecular weight is 272 g/mol. The zero-order valence-corrected chi connectivity index (χ0v) is 12.8. The molecule has 0 heterocycles. The summed E-state index contributed by atoms with van der Waals surface area (Å²) in [5, 5.41) is 2.97. The monoisotopic (exact) mass is 272 g/mol. The van der Waals surface area contributed by atoms with Crippen molar-refractivity contribution in [1.29, 1.82) is 0 Å². The molecule has 0 aliphatic rings. The topological polar surface area (TPSA) is 55.1 Å². The molecule has 108 valence electrons. The van der Waals surface area contributed by atoms with Gasteiger partial charge in [0.05, 0.1) is 6.54 Å². The van der Waals surface area contributed by atoms with Crippen LogP contribution in [-0.2, 0) is 0 Å². The van der Waals surface area contributed by atoms with E-state index in [9.17, 15) is 4.79 Å². The molecule has 1 amide bonds. The van der Waals surface area contributed by atoms with Crippen molar-refractivity contribution in [2.45, 2.75) is 27.7 Å². The highest BCUT2D eigenvalue weighted by Crippen LogP contribution is 2.24. The number of rotatable bonds is 3. The highest BCUT2D eigenvalue weighted by Gasteiger charge is 2.20. The lowest BCUT2D eigenvalue weighted by molar-refractivity contribution is 0.0937. The van der Waals surface area contributed by atoms with Gasteiger partial charge in [0.15, 0.2) is 0 Å². The van der Waals surface area contributed by atoms with Gasteiger partial charge in [-0.25, -0.2) is 0 Å². The van der Waals surface area contributed by atoms with Gasteiger partial charge in [0.1, 0.15) is 0 Å². The van der Waals surface area contributed by atoms with Gasteiger partial charge in [-0.3, -0.25) is 4.79 Å². The number of nitrogens with two attached hydrogens (primary N) is 1. The smallest absolute Gasteiger partial charge is 0.251 e. The number of carbonyl (C=O) groups is 1. The molecule has 0 spiro atoms. The molecule has 20 heavy (non-hydrogen) atoms. The minimum Gasteiger partial charge on any atom is -0.352 e. The molecular weight excluding hydrogens is 248 g/mol. The molecule has 0 aliphatic carbocycles. The van der Waals surface area contributed by atoms with Crippen molar-refractivity contribution in [2.24, 2.45) is 17.1 Å². The molecule has 1 unspecified atom stereocenters. The molecule has 0 bridgehead atoms. The van der Waals surface area contributed by atoms with Crippen molar-refractivity contribution >= 4 is 5.91 Å². The molecule has 0 radical (unpaired) electrons. The van der Waals surface area contributed by atoms with Crippen molar-refractivity contribution in [2.75, 3.05) is 13.1 Å². The standard InChI is InChI=1S/C17H24N2O/c1-13(17(2,3)4)12-19-16(20)15-9-7-14(8-10-15)6-5-11-18/h7-10,13H,11-12,18H2,1-4H3,(H,19,20). The lowest BCUT2D eigenvalue weighted by Gasteiger charge is -2.27. The maximum Gasteiger partial charge on any atom is 0.251 e. The summed E-state index contributed by atoms with van der Waals surface area (Å²) in [7, 11) is 0. The van der Waals surface area contributed by atoms with Gasteiger partial charge in [-0.05, 0) is 35.6 Å². The fraction of sp³-hybridized carbons (Fsp3) is 0.471. The molecule has 0 fully saturated rings. The summed E-state index contributed by atoms with van der Waals surface area (Å²) in [4.78, 5) is 12.0. The van der Waals surface area contributed by atoms with Gasteiger partial charge in [0.25, 0.3) is 5.91 Å². The van der Waals surface area contributed by atoms with E-state index in [4.69, 9.17) is 5.73 Å². The molecule has 0 saturated heterocycles. The fourth-order valence-corrected chi connectivity index (χ4v) is 1.51. The average Bonchev–Trinajstić information content (AvgIpc) is 2.41. The Bertz CT molecular complexity index is 501. The first-order valence-electron chi connectivity index (χ1n) is 6.92. The van der Waals surface area contributed by atoms with Crippen molar-refractivity contribution in [1.82, 2.24) is 5.32 Å². The summed E-state index contributed by atoms with van der Waals surface area (Å²) in [6, 6.07) is 7.25. The molecule has 3 nitrogen and oxygen atoms in total. The van der Waals surface area contributed by atoms with E-state index in [2.05, 4.69) is 44.9 Å². The maximum atomic E-state index is 12.0. The summed E-state index contributed by atoms with van der Waals surface area (Å²) in [6.07, 6.45) is 0. The van der Waals surface area contributed by atoms with Crippen molar-refractivity contribution in [3.8, 4) is 11.8 Å². The second kappa shape index (κ2) is 7.12. The zero-order chi connectivity index (χ0) is 15.2. The van der Waals surface area contributed by atoms with Crippen LogP contribution in [0.2, 0.25) is 0 Å². The van der Waals surface area contributed by atoms with Gasteiger partial charge in [-0.2, -0.15) is 0 Å². The van der Waals surface area contributed by atoms with Crippen LogP contribution in [0, 0.1) is 23.2 Å². The third kappa shape index (κ3) is 5.07. The predicted octanol–water partition coefficient (Wildman–Crippen LogP) is 2.41. The van der Waals surface area contributed by atoms with Gasteiger partial charge in [-0.1, -0.05) is 39.5 Å². The summed E-state index contributed by atoms with van der Waals surface area (Å²) in [6.45, 7) is 9.69. The van der Waals surface area contributed by atoms with E-state index in [0.29, 0.717) is 24.6 Å². The molecule has 1 atom stereocenters. The van der Waals surface area contributed by atoms with Crippen LogP contribution >= 0.6 is 0 Å². The van der Waals surface area contributed by atoms with Gasteiger partial charge in [-0.15, -0.1) is 0 Å². The zero-order valence-electron chi connectivity index (χ0n) is 12.8. The van der Waals surface area contributed by atoms with Crippen molar-refractivity contribution < 1.29 is 4.79 Å². The Morgan fingerprint density at radius 3 is 2.40 bits per heavy atom. The van der Waals surface area contributed by atoms with Crippen LogP contribution in [0.5, 0.6) is 0 Å². The third-order valence-corrected chi connectivity index (χ3v) is 3.53. The van der Waals surface area contributed by atoms with Crippen molar-refractivity contribution in [3.05, 3.63) is 35.4 Å². The maximum absolute atomic E-state index is 12.0. The molecule has 1 aromatic carbocycles. The molecular formula is C17H24N2O. The van der Waals surface area contributed by atoms with Crippen LogP contribution in [0.25, 0.3) is 0 Å². The number of hydrogen-bond acceptors (Lipinski definition) is 2. The Morgan fingerprint density at radius 1 is 1.30 bits per heavy atom. The largest absolute Gasteiger partial charge is 0.352 e. The quantitative estimate of drug-likeness (QED) is 0.830. The highest BCUT2D eigenvalue weighted by atomic mass is 16.1. The summed E-state index contributed by atoms with van der Waals surface area (Å²) < 4.78 is 0. The Labute approximate surface area is 121 Å². The first kappa shape index (κ1) is 16.3. The molecule has 3 heteroatoms. The Hall–Kier alpha value is -1.79. The van der Waals surface area contributed by atoms with Gasteiger partial charge >= 0.3 is 0 Å². The van der Waals surface area contributed by atoms with Gasteiger partial charge < -0.3 is 11.1 Å². The Balaban J connectivity index is 2.60. The van der Waals surface area contributed by atoms with Crippen LogP contribution in [0.4, 0.5) is 0 Å². The molecule has 0 saturated carbocycles. The van der Waals surface area contributed by atoms with Crippen LogP contribution in [0.15, 0.2) is 24.3 Å². The molecule has 1 rings (SSSR count). The SMILES string of the molecule is CC(CNC(=O)c1ccc(C#CCN)cc1)C(C)(C)C. The summed E-state index contributed by atoms with van der Waals surface area (Å²) in [5.74, 6) is 6.10. The minimum atomic E-state index is -0.0422. The lowest BCUT2D eigenvalue weighted by atomic mass is 9.82. The lowest BCUT2D eigenvalue weighted by Crippen LogP contribution is -2.33. The molecule has 0 aromatic heterocycles. The van der Waals surface area contributed by atoms with E-state index in [1.54, 1.807) is 12.1 Å². The molecule has 1 aromatic rings. The second-order valence-electron chi connectivity index (χ2n) is 6.06. The number of carbonyl (C=O) groups excluding carboxylic acids is 1. The first-order chi connectivity index (χ1) is 9.34. The van der Waals surface area contributed by atoms with E-state index in [1.165, 1.54) is 0 Å². The number of amides is 1. The number of hydrogen-bond donors (Lipinski definition) is 2. The van der Waals surface area contributed by atoms with E-state index in [1.807, 2.05) is 12.1 Å². The van der Waals surface area contributed by atoms with Crippen LogP contribution in [0.3, 0.4) is 0 Å². The van der Waals surface area contributed by atoms with Crippen LogP contribution in [-0.4, -0.2) is 19.0 Å². The Kier molecular flexibility index (Phi) is 5.79. The number of benzene rings is 1. The van der Waals surface area contributed by atoms with E-state index >= 15 is 0 Å². The molecule has 0 aliphatic heterocycles. The van der Waals surface area contributed by atoms with Crippen molar-refractivity contribution in [3.63, 3.8) is 0 Å².